The fourth-order valence-electron chi connectivity index (χ4n) is 1.19. The monoisotopic (exact) mass is 227 g/mol. The van der Waals surface area contributed by atoms with E-state index in [-0.39, 0.29) is 0 Å². The first kappa shape index (κ1) is 12.7. The molecule has 15 heavy (non-hydrogen) atoms. The van der Waals surface area contributed by atoms with Crippen molar-refractivity contribution < 1.29 is 4.42 Å². The number of hydrogen-bond acceptors (Lipinski definition) is 3. The molecule has 3 heteroatoms. The van der Waals surface area contributed by atoms with Crippen molar-refractivity contribution in [2.24, 2.45) is 5.92 Å². The van der Waals surface area contributed by atoms with E-state index in [9.17, 15) is 0 Å². The third-order valence-corrected chi connectivity index (χ3v) is 3.19. The first-order valence-corrected chi connectivity index (χ1v) is 6.74. The first-order chi connectivity index (χ1) is 7.29. The zero-order valence-corrected chi connectivity index (χ0v) is 10.5. The summed E-state index contributed by atoms with van der Waals surface area (Å²) >= 11 is 2.03. The Bertz CT molecular complexity index is 234. The topological polar surface area (TPSA) is 25.2 Å². The van der Waals surface area contributed by atoms with Crippen molar-refractivity contribution in [3.05, 3.63) is 24.2 Å². The van der Waals surface area contributed by atoms with E-state index >= 15 is 0 Å². The maximum Gasteiger partial charge on any atom is 0.0947 e. The summed E-state index contributed by atoms with van der Waals surface area (Å²) < 4.78 is 4.99. The van der Waals surface area contributed by atoms with Crippen LogP contribution < -0.4 is 5.32 Å². The molecule has 86 valence electrons. The lowest BCUT2D eigenvalue weighted by Crippen LogP contribution is -2.16. The highest BCUT2D eigenvalue weighted by molar-refractivity contribution is 7.99. The predicted molar refractivity (Wildman–Crippen MR) is 67.2 cm³/mol. The van der Waals surface area contributed by atoms with Gasteiger partial charge in [-0.2, -0.15) is 11.8 Å². The largest absolute Gasteiger partial charge is 0.472 e. The minimum absolute atomic E-state index is 0.830. The second-order valence-corrected chi connectivity index (χ2v) is 5.33. The van der Waals surface area contributed by atoms with E-state index in [0.717, 1.165) is 19.0 Å². The van der Waals surface area contributed by atoms with Crippen molar-refractivity contribution in [3.8, 4) is 0 Å². The summed E-state index contributed by atoms with van der Waals surface area (Å²) in [5, 5.41) is 3.40. The van der Waals surface area contributed by atoms with Gasteiger partial charge in [-0.1, -0.05) is 13.8 Å². The summed E-state index contributed by atoms with van der Waals surface area (Å²) in [5.41, 5.74) is 1.22. The molecule has 1 N–H and O–H groups in total. The maximum absolute atomic E-state index is 4.99. The van der Waals surface area contributed by atoms with E-state index in [2.05, 4.69) is 19.2 Å². The van der Waals surface area contributed by atoms with Gasteiger partial charge >= 0.3 is 0 Å². The summed E-state index contributed by atoms with van der Waals surface area (Å²) in [6.07, 6.45) is 4.83. The van der Waals surface area contributed by atoms with Crippen LogP contribution in [0.1, 0.15) is 25.8 Å². The van der Waals surface area contributed by atoms with Crippen molar-refractivity contribution in [3.63, 3.8) is 0 Å². The van der Waals surface area contributed by atoms with Crippen molar-refractivity contribution in [2.45, 2.75) is 26.8 Å². The highest BCUT2D eigenvalue weighted by atomic mass is 32.2. The molecule has 0 saturated heterocycles. The highest BCUT2D eigenvalue weighted by Gasteiger charge is 1.95. The van der Waals surface area contributed by atoms with Crippen LogP contribution in [0.3, 0.4) is 0 Å². The van der Waals surface area contributed by atoms with Crippen LogP contribution in [0.15, 0.2) is 23.0 Å². The van der Waals surface area contributed by atoms with E-state index in [1.165, 1.54) is 23.5 Å². The van der Waals surface area contributed by atoms with Gasteiger partial charge in [0.15, 0.2) is 0 Å². The second-order valence-electron chi connectivity index (χ2n) is 4.10. The van der Waals surface area contributed by atoms with Crippen molar-refractivity contribution >= 4 is 11.8 Å². The minimum atomic E-state index is 0.830. The Hall–Kier alpha value is -0.410. The quantitative estimate of drug-likeness (QED) is 0.691. The molecule has 0 spiro atoms. The summed E-state index contributed by atoms with van der Waals surface area (Å²) in [4.78, 5) is 0. The third kappa shape index (κ3) is 6.63. The van der Waals surface area contributed by atoms with E-state index < -0.39 is 0 Å². The first-order valence-electron chi connectivity index (χ1n) is 5.58. The molecule has 1 heterocycles. The van der Waals surface area contributed by atoms with Gasteiger partial charge in [0, 0.05) is 24.4 Å². The molecule has 0 aromatic carbocycles. The van der Waals surface area contributed by atoms with Crippen LogP contribution >= 0.6 is 11.8 Å². The van der Waals surface area contributed by atoms with E-state index in [0.29, 0.717) is 0 Å². The van der Waals surface area contributed by atoms with Crippen LogP contribution in [0.5, 0.6) is 0 Å². The Morgan fingerprint density at radius 1 is 1.40 bits per heavy atom. The van der Waals surface area contributed by atoms with Gasteiger partial charge in [0.25, 0.3) is 0 Å². The van der Waals surface area contributed by atoms with E-state index in [1.807, 2.05) is 17.8 Å². The smallest absolute Gasteiger partial charge is 0.0947 e. The highest BCUT2D eigenvalue weighted by Crippen LogP contribution is 2.07. The van der Waals surface area contributed by atoms with Gasteiger partial charge in [-0.25, -0.2) is 0 Å². The molecular weight excluding hydrogens is 206 g/mol. The lowest BCUT2D eigenvalue weighted by molar-refractivity contribution is 0.561. The molecule has 1 aromatic rings. The van der Waals surface area contributed by atoms with Crippen molar-refractivity contribution in [1.82, 2.24) is 5.32 Å². The molecule has 2 nitrogen and oxygen atoms in total. The fourth-order valence-corrected chi connectivity index (χ4v) is 2.32. The Kier molecular flexibility index (Phi) is 6.60. The third-order valence-electron chi connectivity index (χ3n) is 2.17. The van der Waals surface area contributed by atoms with Gasteiger partial charge in [0.2, 0.25) is 0 Å². The number of thioether (sulfide) groups is 1. The molecule has 1 rings (SSSR count). The van der Waals surface area contributed by atoms with E-state index in [4.69, 9.17) is 4.42 Å². The van der Waals surface area contributed by atoms with Crippen LogP contribution in [-0.4, -0.2) is 18.1 Å². The van der Waals surface area contributed by atoms with Gasteiger partial charge in [-0.05, 0) is 24.2 Å². The zero-order valence-electron chi connectivity index (χ0n) is 9.66. The molecule has 0 bridgehead atoms. The van der Waals surface area contributed by atoms with Crippen LogP contribution in [0, 0.1) is 5.92 Å². The molecule has 0 saturated carbocycles. The predicted octanol–water partition coefficient (Wildman–Crippen LogP) is 3.15. The van der Waals surface area contributed by atoms with Gasteiger partial charge in [0.05, 0.1) is 12.5 Å². The summed E-state index contributed by atoms with van der Waals surface area (Å²) in [6, 6.07) is 2.00. The molecule has 1 aromatic heterocycles. The number of rotatable bonds is 8. The molecule has 0 aliphatic heterocycles. The molecule has 0 unspecified atom stereocenters. The van der Waals surface area contributed by atoms with E-state index in [1.54, 1.807) is 12.5 Å². The van der Waals surface area contributed by atoms with Gasteiger partial charge < -0.3 is 9.73 Å². The van der Waals surface area contributed by atoms with Gasteiger partial charge in [-0.15, -0.1) is 0 Å². The second kappa shape index (κ2) is 7.83. The summed E-state index contributed by atoms with van der Waals surface area (Å²) in [5.74, 6) is 3.31. The standard InChI is InChI=1S/C12H21NOS/c1-11(2)4-7-15-8-5-13-9-12-3-6-14-10-12/h3,6,10-11,13H,4-5,7-9H2,1-2H3. The normalized spacial score (nSPS) is 11.1. The van der Waals surface area contributed by atoms with Gasteiger partial charge in [-0.3, -0.25) is 0 Å². The molecule has 0 atom stereocenters. The maximum atomic E-state index is 4.99. The van der Waals surface area contributed by atoms with Crippen LogP contribution in [-0.2, 0) is 6.54 Å². The van der Waals surface area contributed by atoms with Gasteiger partial charge in [0.1, 0.15) is 0 Å². The SMILES string of the molecule is CC(C)CCSCCNCc1ccoc1. The molecule has 0 fully saturated rings. The molecular formula is C12H21NOS. The Morgan fingerprint density at radius 3 is 2.93 bits per heavy atom. The average Bonchev–Trinajstić information content (AvgIpc) is 2.68. The van der Waals surface area contributed by atoms with Crippen LogP contribution in [0.4, 0.5) is 0 Å². The fraction of sp³-hybridized carbons (Fsp3) is 0.667. The minimum Gasteiger partial charge on any atom is -0.472 e. The molecule has 0 aliphatic rings. The molecule has 0 radical (unpaired) electrons. The zero-order chi connectivity index (χ0) is 10.9. The van der Waals surface area contributed by atoms with Crippen LogP contribution in [0.25, 0.3) is 0 Å². The van der Waals surface area contributed by atoms with Crippen LogP contribution in [0.2, 0.25) is 0 Å². The Morgan fingerprint density at radius 2 is 2.27 bits per heavy atom. The molecule has 0 amide bonds. The Labute approximate surface area is 96.8 Å². The summed E-state index contributed by atoms with van der Waals surface area (Å²) in [6.45, 7) is 6.55. The summed E-state index contributed by atoms with van der Waals surface area (Å²) in [7, 11) is 0. The average molecular weight is 227 g/mol. The molecule has 0 aliphatic carbocycles. The lowest BCUT2D eigenvalue weighted by Gasteiger charge is -2.05. The lowest BCUT2D eigenvalue weighted by atomic mass is 10.2. The Balaban J connectivity index is 1.85. The van der Waals surface area contributed by atoms with Crippen molar-refractivity contribution in [2.75, 3.05) is 18.1 Å². The number of furan rings is 1. The number of nitrogens with one attached hydrogen (secondary N) is 1. The number of hydrogen-bond donors (Lipinski definition) is 1. The van der Waals surface area contributed by atoms with Crippen molar-refractivity contribution in [1.29, 1.82) is 0 Å².